The summed E-state index contributed by atoms with van der Waals surface area (Å²) in [5.41, 5.74) is 10.9. The molecular weight excluding hydrogens is 376 g/mol. The van der Waals surface area contributed by atoms with Gasteiger partial charge >= 0.3 is 0 Å². The summed E-state index contributed by atoms with van der Waals surface area (Å²) in [6.45, 7) is 6.35. The zero-order valence-electron chi connectivity index (χ0n) is 17.7. The van der Waals surface area contributed by atoms with Crippen LogP contribution in [0.15, 0.2) is 30.7 Å². The normalized spacial score (nSPS) is 19.8. The second kappa shape index (κ2) is 7.36. The summed E-state index contributed by atoms with van der Waals surface area (Å²) in [7, 11) is 0. The van der Waals surface area contributed by atoms with E-state index in [4.69, 9.17) is 5.73 Å². The lowest BCUT2D eigenvalue weighted by Crippen LogP contribution is -2.33. The molecule has 4 aromatic rings. The third kappa shape index (κ3) is 3.31. The average Bonchev–Trinajstić information content (AvgIpc) is 3.28. The minimum Gasteiger partial charge on any atom is -0.350 e. The Hall–Kier alpha value is -3.00. The molecule has 0 aliphatic heterocycles. The first-order valence-corrected chi connectivity index (χ1v) is 10.7. The van der Waals surface area contributed by atoms with Gasteiger partial charge in [-0.2, -0.15) is 0 Å². The fourth-order valence-corrected chi connectivity index (χ4v) is 4.55. The van der Waals surface area contributed by atoms with E-state index >= 15 is 0 Å². The van der Waals surface area contributed by atoms with Crippen molar-refractivity contribution in [3.05, 3.63) is 36.5 Å². The quantitative estimate of drug-likeness (QED) is 0.538. The van der Waals surface area contributed by atoms with Crippen molar-refractivity contribution >= 4 is 22.6 Å². The fraction of sp³-hybridized carbons (Fsp3) is 0.455. The molecule has 5 rings (SSSR count). The average molecular weight is 405 g/mol. The highest BCUT2D eigenvalue weighted by Gasteiger charge is 2.19. The van der Waals surface area contributed by atoms with Crippen molar-refractivity contribution in [1.82, 2.24) is 29.1 Å². The number of aromatic nitrogens is 6. The van der Waals surface area contributed by atoms with Gasteiger partial charge in [-0.15, -0.1) is 5.10 Å². The third-order valence-electron chi connectivity index (χ3n) is 6.07. The molecule has 3 N–H and O–H groups in total. The molecule has 0 radical (unpaired) electrons. The van der Waals surface area contributed by atoms with Crippen molar-refractivity contribution < 1.29 is 0 Å². The van der Waals surface area contributed by atoms with E-state index in [1.54, 1.807) is 0 Å². The standard InChI is InChI=1S/C22H28N8/c1-13(2)30-14(3)26-21-19(30)10-15(11-24-21)18-8-9-29-20(18)12-25-22(28-29)27-17-6-4-16(23)5-7-17/h8-13,16-17H,4-7,23H2,1-3H3,(H,27,28)/t16-,17+. The number of hydrogen-bond acceptors (Lipinski definition) is 6. The van der Waals surface area contributed by atoms with Crippen LogP contribution in [0.2, 0.25) is 0 Å². The highest BCUT2D eigenvalue weighted by Crippen LogP contribution is 2.29. The number of fused-ring (bicyclic) bond motifs is 2. The number of anilines is 1. The second-order valence-corrected chi connectivity index (χ2v) is 8.59. The topological polar surface area (TPSA) is 98.9 Å². The number of nitrogens with zero attached hydrogens (tertiary/aromatic N) is 6. The van der Waals surface area contributed by atoms with Gasteiger partial charge in [-0.1, -0.05) is 0 Å². The van der Waals surface area contributed by atoms with E-state index in [1.807, 2.05) is 30.0 Å². The summed E-state index contributed by atoms with van der Waals surface area (Å²) in [4.78, 5) is 13.8. The Bertz CT molecular complexity index is 1200. The van der Waals surface area contributed by atoms with Crippen LogP contribution in [0.1, 0.15) is 51.4 Å². The summed E-state index contributed by atoms with van der Waals surface area (Å²) >= 11 is 0. The second-order valence-electron chi connectivity index (χ2n) is 8.59. The molecule has 8 nitrogen and oxygen atoms in total. The predicted octanol–water partition coefficient (Wildman–Crippen LogP) is 3.71. The Labute approximate surface area is 175 Å². The summed E-state index contributed by atoms with van der Waals surface area (Å²) in [6, 6.07) is 5.28. The van der Waals surface area contributed by atoms with Gasteiger partial charge in [-0.25, -0.2) is 19.5 Å². The number of aryl methyl sites for hydroxylation is 1. The Morgan fingerprint density at radius 2 is 1.90 bits per heavy atom. The van der Waals surface area contributed by atoms with Crippen LogP contribution in [0.4, 0.5) is 5.95 Å². The van der Waals surface area contributed by atoms with Gasteiger partial charge in [0.15, 0.2) is 5.65 Å². The predicted molar refractivity (Wildman–Crippen MR) is 118 cm³/mol. The summed E-state index contributed by atoms with van der Waals surface area (Å²) < 4.78 is 4.10. The summed E-state index contributed by atoms with van der Waals surface area (Å²) in [5.74, 6) is 1.64. The maximum atomic E-state index is 6.01. The van der Waals surface area contributed by atoms with Crippen LogP contribution >= 0.6 is 0 Å². The minimum absolute atomic E-state index is 0.323. The Morgan fingerprint density at radius 3 is 2.67 bits per heavy atom. The van der Waals surface area contributed by atoms with Crippen molar-refractivity contribution in [3.8, 4) is 11.1 Å². The van der Waals surface area contributed by atoms with Crippen LogP contribution in [-0.4, -0.2) is 41.2 Å². The lowest BCUT2D eigenvalue weighted by molar-refractivity contribution is 0.409. The number of pyridine rings is 1. The molecule has 30 heavy (non-hydrogen) atoms. The maximum absolute atomic E-state index is 6.01. The molecule has 1 aliphatic carbocycles. The van der Waals surface area contributed by atoms with Crippen molar-refractivity contribution in [2.75, 3.05) is 5.32 Å². The van der Waals surface area contributed by atoms with Crippen LogP contribution < -0.4 is 11.1 Å². The molecule has 0 spiro atoms. The van der Waals surface area contributed by atoms with Crippen molar-refractivity contribution in [3.63, 3.8) is 0 Å². The Kier molecular flexibility index (Phi) is 4.66. The smallest absolute Gasteiger partial charge is 0.241 e. The highest BCUT2D eigenvalue weighted by atomic mass is 15.3. The molecule has 0 saturated heterocycles. The van der Waals surface area contributed by atoms with E-state index in [2.05, 4.69) is 55.9 Å². The van der Waals surface area contributed by atoms with E-state index in [1.165, 1.54) is 0 Å². The Morgan fingerprint density at radius 1 is 1.10 bits per heavy atom. The van der Waals surface area contributed by atoms with Crippen LogP contribution in [0.5, 0.6) is 0 Å². The first kappa shape index (κ1) is 19.0. The Balaban J connectivity index is 1.47. The van der Waals surface area contributed by atoms with Gasteiger partial charge < -0.3 is 15.6 Å². The van der Waals surface area contributed by atoms with E-state index < -0.39 is 0 Å². The van der Waals surface area contributed by atoms with Crippen LogP contribution in [0.25, 0.3) is 27.8 Å². The van der Waals surface area contributed by atoms with Gasteiger partial charge in [0.25, 0.3) is 0 Å². The minimum atomic E-state index is 0.323. The van der Waals surface area contributed by atoms with Gasteiger partial charge in [0.2, 0.25) is 5.95 Å². The van der Waals surface area contributed by atoms with Gasteiger partial charge in [0.1, 0.15) is 5.82 Å². The number of hydrogen-bond donors (Lipinski definition) is 2. The lowest BCUT2D eigenvalue weighted by Gasteiger charge is -2.26. The lowest BCUT2D eigenvalue weighted by atomic mass is 9.92. The SMILES string of the molecule is Cc1nc2ncc(-c3ccn4nc(N[C@H]5CC[C@@H](N)CC5)ncc34)cc2n1C(C)C. The number of nitrogens with two attached hydrogens (primary N) is 1. The van der Waals surface area contributed by atoms with E-state index in [9.17, 15) is 0 Å². The first-order valence-electron chi connectivity index (χ1n) is 10.7. The van der Waals surface area contributed by atoms with Gasteiger partial charge in [-0.05, 0) is 58.6 Å². The molecule has 156 valence electrons. The van der Waals surface area contributed by atoms with E-state index in [0.717, 1.165) is 59.3 Å². The molecule has 0 atom stereocenters. The highest BCUT2D eigenvalue weighted by molar-refractivity contribution is 5.85. The zero-order chi connectivity index (χ0) is 20.8. The molecule has 0 amide bonds. The molecule has 0 bridgehead atoms. The molecule has 0 aromatic carbocycles. The molecule has 8 heteroatoms. The molecule has 0 unspecified atom stereocenters. The van der Waals surface area contributed by atoms with Crippen LogP contribution in [0.3, 0.4) is 0 Å². The maximum Gasteiger partial charge on any atom is 0.241 e. The summed E-state index contributed by atoms with van der Waals surface area (Å²) in [6.07, 6.45) is 9.97. The van der Waals surface area contributed by atoms with Gasteiger partial charge in [0.05, 0.1) is 17.2 Å². The third-order valence-corrected chi connectivity index (χ3v) is 6.07. The van der Waals surface area contributed by atoms with Crippen LogP contribution in [0, 0.1) is 6.92 Å². The molecule has 1 fully saturated rings. The molecule has 1 saturated carbocycles. The molecule has 4 heterocycles. The van der Waals surface area contributed by atoms with Crippen molar-refractivity contribution in [1.29, 1.82) is 0 Å². The van der Waals surface area contributed by atoms with Gasteiger partial charge in [-0.3, -0.25) is 0 Å². The number of imidazole rings is 1. The van der Waals surface area contributed by atoms with Crippen molar-refractivity contribution in [2.24, 2.45) is 5.73 Å². The number of rotatable bonds is 4. The van der Waals surface area contributed by atoms with Crippen molar-refractivity contribution in [2.45, 2.75) is 64.6 Å². The van der Waals surface area contributed by atoms with E-state index in [-0.39, 0.29) is 0 Å². The largest absolute Gasteiger partial charge is 0.350 e. The fourth-order valence-electron chi connectivity index (χ4n) is 4.55. The number of nitrogens with one attached hydrogen (secondary N) is 1. The zero-order valence-corrected chi connectivity index (χ0v) is 17.7. The van der Waals surface area contributed by atoms with Crippen LogP contribution in [-0.2, 0) is 0 Å². The van der Waals surface area contributed by atoms with Gasteiger partial charge in [0, 0.05) is 41.6 Å². The summed E-state index contributed by atoms with van der Waals surface area (Å²) in [5, 5.41) is 8.14. The monoisotopic (exact) mass is 404 g/mol. The first-order chi connectivity index (χ1) is 14.5. The molecule has 4 aromatic heterocycles. The van der Waals surface area contributed by atoms with E-state index in [0.29, 0.717) is 24.1 Å². The molecular formula is C22H28N8. The molecule has 1 aliphatic rings.